The number of carbonyl (C=O) groups excluding carboxylic acids is 1. The van der Waals surface area contributed by atoms with Gasteiger partial charge >= 0.3 is 5.97 Å². The Morgan fingerprint density at radius 1 is 1.08 bits per heavy atom. The van der Waals surface area contributed by atoms with E-state index in [0.717, 1.165) is 5.69 Å². The quantitative estimate of drug-likeness (QED) is 0.623. The third-order valence-corrected chi connectivity index (χ3v) is 5.64. The Morgan fingerprint density at radius 3 is 2.50 bits per heavy atom. The lowest BCUT2D eigenvalue weighted by Gasteiger charge is -2.08. The molecule has 0 saturated heterocycles. The molecule has 0 N–H and O–H groups in total. The van der Waals surface area contributed by atoms with E-state index in [1.54, 1.807) is 29.2 Å². The number of sulfone groups is 1. The van der Waals surface area contributed by atoms with Gasteiger partial charge in [-0.05, 0) is 24.3 Å². The van der Waals surface area contributed by atoms with Crippen molar-refractivity contribution in [2.45, 2.75) is 18.4 Å². The highest BCUT2D eigenvalue weighted by Gasteiger charge is 2.21. The summed E-state index contributed by atoms with van der Waals surface area (Å²) in [6.07, 6.45) is 3.37. The van der Waals surface area contributed by atoms with Crippen molar-refractivity contribution >= 4 is 15.8 Å². The first-order valence-corrected chi connectivity index (χ1v) is 9.74. The molecule has 0 aliphatic carbocycles. The van der Waals surface area contributed by atoms with E-state index < -0.39 is 15.8 Å². The fourth-order valence-electron chi connectivity index (χ4n) is 2.45. The maximum Gasteiger partial charge on any atom is 0.339 e. The van der Waals surface area contributed by atoms with Gasteiger partial charge in [-0.1, -0.05) is 37.3 Å². The van der Waals surface area contributed by atoms with Crippen LogP contribution < -0.4 is 0 Å². The molecule has 6 nitrogen and oxygen atoms in total. The third-order valence-electron chi connectivity index (χ3n) is 3.85. The molecule has 0 bridgehead atoms. The topological polar surface area (TPSA) is 78.3 Å². The second kappa shape index (κ2) is 7.53. The van der Waals surface area contributed by atoms with Crippen molar-refractivity contribution in [2.75, 3.05) is 5.75 Å². The Labute approximate surface area is 152 Å². The molecule has 0 radical (unpaired) electrons. The molecule has 134 valence electrons. The summed E-state index contributed by atoms with van der Waals surface area (Å²) in [5, 5.41) is 4.24. The van der Waals surface area contributed by atoms with Crippen LogP contribution in [-0.2, 0) is 21.2 Å². The van der Waals surface area contributed by atoms with E-state index >= 15 is 0 Å². The van der Waals surface area contributed by atoms with Crippen LogP contribution in [0.15, 0.2) is 71.9 Å². The molecule has 3 rings (SSSR count). The van der Waals surface area contributed by atoms with Crippen LogP contribution in [0.1, 0.15) is 22.8 Å². The first kappa shape index (κ1) is 17.9. The van der Waals surface area contributed by atoms with Crippen molar-refractivity contribution in [1.29, 1.82) is 0 Å². The average molecular weight is 370 g/mol. The summed E-state index contributed by atoms with van der Waals surface area (Å²) in [7, 11) is -3.51. The fraction of sp³-hybridized carbons (Fsp3) is 0.158. The van der Waals surface area contributed by atoms with Crippen molar-refractivity contribution in [1.82, 2.24) is 9.78 Å². The number of rotatable bonds is 6. The summed E-state index contributed by atoms with van der Waals surface area (Å²) in [6.45, 7) is 1.54. The minimum absolute atomic E-state index is 0.00612. The van der Waals surface area contributed by atoms with Crippen LogP contribution in [0.25, 0.3) is 5.69 Å². The molecule has 26 heavy (non-hydrogen) atoms. The van der Waals surface area contributed by atoms with E-state index in [2.05, 4.69) is 5.10 Å². The minimum Gasteiger partial charge on any atom is -0.457 e. The second-order valence-corrected chi connectivity index (χ2v) is 7.85. The highest BCUT2D eigenvalue weighted by atomic mass is 32.2. The molecule has 0 saturated carbocycles. The molecule has 0 spiro atoms. The van der Waals surface area contributed by atoms with E-state index in [1.165, 1.54) is 19.1 Å². The van der Waals surface area contributed by atoms with E-state index in [4.69, 9.17) is 4.74 Å². The lowest BCUT2D eigenvalue weighted by atomic mass is 10.2. The van der Waals surface area contributed by atoms with Crippen molar-refractivity contribution in [2.24, 2.45) is 0 Å². The van der Waals surface area contributed by atoms with Crippen molar-refractivity contribution < 1.29 is 17.9 Å². The SMILES string of the molecule is CCS(=O)(=O)c1ccccc1C(=O)OCc1cnn(-c2ccccc2)c1. The van der Waals surface area contributed by atoms with Gasteiger partial charge < -0.3 is 4.74 Å². The summed E-state index contributed by atoms with van der Waals surface area (Å²) in [4.78, 5) is 12.4. The highest BCUT2D eigenvalue weighted by molar-refractivity contribution is 7.91. The molecular formula is C19H18N2O4S. The molecule has 0 aliphatic rings. The summed E-state index contributed by atoms with van der Waals surface area (Å²) < 4.78 is 31.2. The van der Waals surface area contributed by atoms with Gasteiger partial charge in [-0.25, -0.2) is 17.9 Å². The van der Waals surface area contributed by atoms with Gasteiger partial charge in [-0.2, -0.15) is 5.10 Å². The van der Waals surface area contributed by atoms with Gasteiger partial charge in [0.1, 0.15) is 6.61 Å². The fourth-order valence-corrected chi connectivity index (χ4v) is 3.53. The zero-order chi connectivity index (χ0) is 18.6. The third kappa shape index (κ3) is 3.83. The Morgan fingerprint density at radius 2 is 1.77 bits per heavy atom. The maximum atomic E-state index is 12.4. The zero-order valence-electron chi connectivity index (χ0n) is 14.2. The van der Waals surface area contributed by atoms with Gasteiger partial charge in [-0.15, -0.1) is 0 Å². The Bertz CT molecular complexity index is 1010. The molecule has 3 aromatic rings. The second-order valence-electron chi connectivity index (χ2n) is 5.60. The number of esters is 1. The maximum absolute atomic E-state index is 12.4. The Kier molecular flexibility index (Phi) is 5.18. The molecule has 0 aliphatic heterocycles. The van der Waals surface area contributed by atoms with E-state index in [0.29, 0.717) is 5.56 Å². The molecule has 0 atom stereocenters. The summed E-state index contributed by atoms with van der Waals surface area (Å²) in [5.74, 6) is -0.758. The van der Waals surface area contributed by atoms with Gasteiger partial charge in [0.05, 0.1) is 28.1 Å². The Balaban J connectivity index is 1.74. The standard InChI is InChI=1S/C19H18N2O4S/c1-2-26(23,24)18-11-7-6-10-17(18)19(22)25-14-15-12-20-21(13-15)16-8-4-3-5-9-16/h3-13H,2,14H2,1H3. The number of ether oxygens (including phenoxy) is 1. The number of hydrogen-bond acceptors (Lipinski definition) is 5. The molecule has 0 amide bonds. The molecule has 2 aromatic carbocycles. The summed E-state index contributed by atoms with van der Waals surface area (Å²) in [5.41, 5.74) is 1.65. The van der Waals surface area contributed by atoms with Gasteiger partial charge in [0.2, 0.25) is 0 Å². The summed E-state index contributed by atoms with van der Waals surface area (Å²) >= 11 is 0. The van der Waals surface area contributed by atoms with Crippen molar-refractivity contribution in [3.05, 3.63) is 78.1 Å². The summed E-state index contributed by atoms with van der Waals surface area (Å²) in [6, 6.07) is 15.6. The first-order valence-electron chi connectivity index (χ1n) is 8.09. The molecular weight excluding hydrogens is 352 g/mol. The lowest BCUT2D eigenvalue weighted by Crippen LogP contribution is -2.13. The number of aromatic nitrogens is 2. The van der Waals surface area contributed by atoms with E-state index in [1.807, 2.05) is 30.3 Å². The van der Waals surface area contributed by atoms with E-state index in [9.17, 15) is 13.2 Å². The van der Waals surface area contributed by atoms with Crippen molar-refractivity contribution in [3.63, 3.8) is 0 Å². The molecule has 0 fully saturated rings. The molecule has 1 heterocycles. The van der Waals surface area contributed by atoms with Crippen LogP contribution in [-0.4, -0.2) is 29.9 Å². The van der Waals surface area contributed by atoms with Gasteiger partial charge in [0.25, 0.3) is 0 Å². The molecule has 1 aromatic heterocycles. The molecule has 0 unspecified atom stereocenters. The van der Waals surface area contributed by atoms with E-state index in [-0.39, 0.29) is 22.8 Å². The number of para-hydroxylation sites is 1. The Hall–Kier alpha value is -2.93. The van der Waals surface area contributed by atoms with Crippen LogP contribution in [0.2, 0.25) is 0 Å². The van der Waals surface area contributed by atoms with Crippen LogP contribution in [0, 0.1) is 0 Å². The van der Waals surface area contributed by atoms with Crippen LogP contribution in [0.4, 0.5) is 0 Å². The van der Waals surface area contributed by atoms with Gasteiger partial charge in [0.15, 0.2) is 9.84 Å². The number of nitrogens with zero attached hydrogens (tertiary/aromatic N) is 2. The van der Waals surface area contributed by atoms with Crippen molar-refractivity contribution in [3.8, 4) is 5.69 Å². The highest BCUT2D eigenvalue weighted by Crippen LogP contribution is 2.18. The number of carbonyl (C=O) groups is 1. The van der Waals surface area contributed by atoms with Crippen LogP contribution in [0.3, 0.4) is 0 Å². The van der Waals surface area contributed by atoms with Crippen LogP contribution >= 0.6 is 0 Å². The smallest absolute Gasteiger partial charge is 0.339 e. The zero-order valence-corrected chi connectivity index (χ0v) is 15.0. The lowest BCUT2D eigenvalue weighted by molar-refractivity contribution is 0.0468. The minimum atomic E-state index is -3.51. The first-order chi connectivity index (χ1) is 12.5. The monoisotopic (exact) mass is 370 g/mol. The predicted molar refractivity (Wildman–Crippen MR) is 96.9 cm³/mol. The van der Waals surface area contributed by atoms with Gasteiger partial charge in [0, 0.05) is 11.8 Å². The largest absolute Gasteiger partial charge is 0.457 e. The normalized spacial score (nSPS) is 11.3. The predicted octanol–water partition coefficient (Wildman–Crippen LogP) is 3.02. The van der Waals surface area contributed by atoms with Crippen LogP contribution in [0.5, 0.6) is 0 Å². The number of benzene rings is 2. The van der Waals surface area contributed by atoms with Gasteiger partial charge in [-0.3, -0.25) is 0 Å². The number of hydrogen-bond donors (Lipinski definition) is 0. The molecule has 7 heteroatoms. The average Bonchev–Trinajstić information content (AvgIpc) is 3.16.